The number of benzene rings is 1. The summed E-state index contributed by atoms with van der Waals surface area (Å²) < 4.78 is 1.22. The molecule has 0 heterocycles. The third kappa shape index (κ3) is 3.22. The third-order valence-corrected chi connectivity index (χ3v) is 5.45. The maximum Gasteiger partial charge on any atom is 0.0178 e. The van der Waals surface area contributed by atoms with Crippen molar-refractivity contribution in [1.29, 1.82) is 0 Å². The van der Waals surface area contributed by atoms with Crippen LogP contribution in [-0.4, -0.2) is 12.1 Å². The third-order valence-electron chi connectivity index (χ3n) is 4.96. The predicted octanol–water partition coefficient (Wildman–Crippen LogP) is 4.47. The fraction of sp³-hybridized carbons (Fsp3) is 0.647. The number of rotatable bonds is 2. The molecular formula is C17H24BrN. The molecule has 2 aliphatic carbocycles. The summed E-state index contributed by atoms with van der Waals surface area (Å²) in [6.07, 6.45) is 9.38. The Hall–Kier alpha value is -0.340. The summed E-state index contributed by atoms with van der Waals surface area (Å²) in [7, 11) is 0. The first kappa shape index (κ1) is 13.6. The molecule has 0 aromatic heterocycles. The van der Waals surface area contributed by atoms with E-state index in [1.807, 2.05) is 0 Å². The molecule has 1 fully saturated rings. The zero-order valence-electron chi connectivity index (χ0n) is 11.8. The largest absolute Gasteiger partial charge is 0.311 e. The molecule has 3 rings (SSSR count). The lowest BCUT2D eigenvalue weighted by molar-refractivity contribution is 0.249. The summed E-state index contributed by atoms with van der Waals surface area (Å²) in [6, 6.07) is 8.24. The Labute approximate surface area is 125 Å². The van der Waals surface area contributed by atoms with E-state index >= 15 is 0 Å². The lowest BCUT2D eigenvalue weighted by Crippen LogP contribution is -2.45. The minimum Gasteiger partial charge on any atom is -0.311 e. The maximum atomic E-state index is 3.95. The van der Waals surface area contributed by atoms with Crippen molar-refractivity contribution in [2.75, 3.05) is 0 Å². The molecule has 3 atom stereocenters. The van der Waals surface area contributed by atoms with E-state index in [9.17, 15) is 0 Å². The first-order valence-corrected chi connectivity index (χ1v) is 8.55. The van der Waals surface area contributed by atoms with Gasteiger partial charge in [-0.25, -0.2) is 0 Å². The van der Waals surface area contributed by atoms with Crippen molar-refractivity contribution < 1.29 is 0 Å². The van der Waals surface area contributed by atoms with Crippen LogP contribution in [-0.2, 0) is 12.8 Å². The summed E-state index contributed by atoms with van der Waals surface area (Å²) in [5, 5.41) is 3.95. The molecule has 19 heavy (non-hydrogen) atoms. The van der Waals surface area contributed by atoms with Gasteiger partial charge in [0.2, 0.25) is 0 Å². The van der Waals surface area contributed by atoms with Crippen molar-refractivity contribution in [3.05, 3.63) is 33.8 Å². The van der Waals surface area contributed by atoms with E-state index in [1.54, 1.807) is 11.1 Å². The highest BCUT2D eigenvalue weighted by molar-refractivity contribution is 9.10. The summed E-state index contributed by atoms with van der Waals surface area (Å²) in [6.45, 7) is 2.42. The minimum atomic E-state index is 0.694. The molecule has 1 aromatic carbocycles. The van der Waals surface area contributed by atoms with Crippen molar-refractivity contribution in [3.63, 3.8) is 0 Å². The minimum absolute atomic E-state index is 0.694. The Bertz CT molecular complexity index is 443. The van der Waals surface area contributed by atoms with E-state index in [0.717, 1.165) is 12.0 Å². The summed E-state index contributed by atoms with van der Waals surface area (Å²) in [5.74, 6) is 0.861. The van der Waals surface area contributed by atoms with Crippen molar-refractivity contribution in [1.82, 2.24) is 5.32 Å². The van der Waals surface area contributed by atoms with Crippen molar-refractivity contribution >= 4 is 15.9 Å². The Morgan fingerprint density at radius 1 is 1.11 bits per heavy atom. The van der Waals surface area contributed by atoms with Crippen LogP contribution >= 0.6 is 15.9 Å². The molecule has 2 heteroatoms. The van der Waals surface area contributed by atoms with Crippen LogP contribution in [0.4, 0.5) is 0 Å². The Morgan fingerprint density at radius 2 is 1.95 bits per heavy atom. The standard InChI is InChI=1S/C17H24BrN/c1-12-4-2-3-5-17(12)19-16-9-7-13-10-15(18)8-6-14(13)11-16/h6,8,10,12,16-17,19H,2-5,7,9,11H2,1H3. The van der Waals surface area contributed by atoms with E-state index < -0.39 is 0 Å². The van der Waals surface area contributed by atoms with Crippen LogP contribution in [0.5, 0.6) is 0 Å². The van der Waals surface area contributed by atoms with E-state index in [-0.39, 0.29) is 0 Å². The number of hydrogen-bond acceptors (Lipinski definition) is 1. The van der Waals surface area contributed by atoms with Crippen LogP contribution in [0.3, 0.4) is 0 Å². The van der Waals surface area contributed by atoms with Gasteiger partial charge in [0.1, 0.15) is 0 Å². The fourth-order valence-corrected chi connectivity index (χ4v) is 4.14. The van der Waals surface area contributed by atoms with Crippen LogP contribution in [0.15, 0.2) is 22.7 Å². The van der Waals surface area contributed by atoms with Crippen LogP contribution in [0.1, 0.15) is 50.2 Å². The van der Waals surface area contributed by atoms with E-state index in [4.69, 9.17) is 0 Å². The Kier molecular flexibility index (Phi) is 4.28. The SMILES string of the molecule is CC1CCCCC1NC1CCc2cc(Br)ccc2C1. The van der Waals surface area contributed by atoms with Gasteiger partial charge in [0.25, 0.3) is 0 Å². The number of nitrogens with one attached hydrogen (secondary N) is 1. The normalized spacial score (nSPS) is 30.9. The average Bonchev–Trinajstić information content (AvgIpc) is 2.41. The number of hydrogen-bond donors (Lipinski definition) is 1. The van der Waals surface area contributed by atoms with Gasteiger partial charge < -0.3 is 5.32 Å². The highest BCUT2D eigenvalue weighted by atomic mass is 79.9. The first-order chi connectivity index (χ1) is 9.22. The van der Waals surface area contributed by atoms with Crippen LogP contribution in [0.25, 0.3) is 0 Å². The van der Waals surface area contributed by atoms with Gasteiger partial charge in [-0.15, -0.1) is 0 Å². The van der Waals surface area contributed by atoms with Gasteiger partial charge in [0, 0.05) is 16.6 Å². The topological polar surface area (TPSA) is 12.0 Å². The molecule has 1 saturated carbocycles. The second-order valence-corrected chi connectivity index (χ2v) is 7.30. The summed E-state index contributed by atoms with van der Waals surface area (Å²) in [5.41, 5.74) is 3.10. The second-order valence-electron chi connectivity index (χ2n) is 6.39. The second kappa shape index (κ2) is 5.97. The molecule has 0 radical (unpaired) electrons. The van der Waals surface area contributed by atoms with Gasteiger partial charge in [0.05, 0.1) is 0 Å². The van der Waals surface area contributed by atoms with Gasteiger partial charge >= 0.3 is 0 Å². The molecule has 3 unspecified atom stereocenters. The van der Waals surface area contributed by atoms with Crippen LogP contribution < -0.4 is 5.32 Å². The maximum absolute atomic E-state index is 3.95. The van der Waals surface area contributed by atoms with E-state index in [0.29, 0.717) is 6.04 Å². The monoisotopic (exact) mass is 321 g/mol. The zero-order chi connectivity index (χ0) is 13.2. The number of aryl methyl sites for hydroxylation is 1. The van der Waals surface area contributed by atoms with Crippen LogP contribution in [0, 0.1) is 5.92 Å². The van der Waals surface area contributed by atoms with E-state index in [1.165, 1.54) is 49.4 Å². The van der Waals surface area contributed by atoms with Crippen LogP contribution in [0.2, 0.25) is 0 Å². The van der Waals surface area contributed by atoms with Crippen molar-refractivity contribution in [2.24, 2.45) is 5.92 Å². The molecular weight excluding hydrogens is 298 g/mol. The van der Waals surface area contributed by atoms with Crippen molar-refractivity contribution in [2.45, 2.75) is 64.0 Å². The Balaban J connectivity index is 1.63. The molecule has 0 aliphatic heterocycles. The quantitative estimate of drug-likeness (QED) is 0.847. The smallest absolute Gasteiger partial charge is 0.0178 e. The van der Waals surface area contributed by atoms with Gasteiger partial charge in [-0.2, -0.15) is 0 Å². The number of halogens is 1. The van der Waals surface area contributed by atoms with Gasteiger partial charge in [-0.05, 0) is 61.3 Å². The fourth-order valence-electron chi connectivity index (χ4n) is 3.73. The molecule has 1 N–H and O–H groups in total. The molecule has 0 saturated heterocycles. The molecule has 1 nitrogen and oxygen atoms in total. The molecule has 1 aromatic rings. The first-order valence-electron chi connectivity index (χ1n) is 7.76. The zero-order valence-corrected chi connectivity index (χ0v) is 13.4. The lowest BCUT2D eigenvalue weighted by Gasteiger charge is -2.35. The van der Waals surface area contributed by atoms with Gasteiger partial charge in [0.15, 0.2) is 0 Å². The lowest BCUT2D eigenvalue weighted by atomic mass is 9.83. The summed E-state index contributed by atoms with van der Waals surface area (Å²) in [4.78, 5) is 0. The van der Waals surface area contributed by atoms with Gasteiger partial charge in [-0.3, -0.25) is 0 Å². The van der Waals surface area contributed by atoms with Crippen molar-refractivity contribution in [3.8, 4) is 0 Å². The molecule has 0 amide bonds. The molecule has 104 valence electrons. The highest BCUT2D eigenvalue weighted by Crippen LogP contribution is 2.28. The number of fused-ring (bicyclic) bond motifs is 1. The Morgan fingerprint density at radius 3 is 2.79 bits per heavy atom. The molecule has 0 spiro atoms. The highest BCUT2D eigenvalue weighted by Gasteiger charge is 2.26. The molecule has 2 aliphatic rings. The van der Waals surface area contributed by atoms with E-state index in [2.05, 4.69) is 46.4 Å². The average molecular weight is 322 g/mol. The predicted molar refractivity (Wildman–Crippen MR) is 84.5 cm³/mol. The molecule has 0 bridgehead atoms. The summed E-state index contributed by atoms with van der Waals surface area (Å²) >= 11 is 3.58. The van der Waals surface area contributed by atoms with Gasteiger partial charge in [-0.1, -0.05) is 41.8 Å².